The average molecular weight is 535 g/mol. The third-order valence-corrected chi connectivity index (χ3v) is 5.83. The Balaban J connectivity index is 0.00000300. The Kier molecular flexibility index (Phi) is 9.78. The fourth-order valence-corrected chi connectivity index (χ4v) is 4.07. The van der Waals surface area contributed by atoms with E-state index in [0.29, 0.717) is 0 Å². The van der Waals surface area contributed by atoms with Crippen LogP contribution in [-0.2, 0) is 4.79 Å². The van der Waals surface area contributed by atoms with Gasteiger partial charge in [-0.25, -0.2) is 0 Å². The predicted molar refractivity (Wildman–Crippen MR) is 131 cm³/mol. The molecule has 2 heterocycles. The fourth-order valence-electron chi connectivity index (χ4n) is 3.81. The van der Waals surface area contributed by atoms with E-state index < -0.39 is 0 Å². The highest BCUT2D eigenvalue weighted by Crippen LogP contribution is 2.25. The van der Waals surface area contributed by atoms with E-state index in [1.807, 2.05) is 30.1 Å². The summed E-state index contributed by atoms with van der Waals surface area (Å²) >= 11 is 6.33. The second kappa shape index (κ2) is 11.8. The Labute approximate surface area is 196 Å². The molecule has 2 aliphatic rings. The molecule has 9 heteroatoms. The Morgan fingerprint density at radius 2 is 1.66 bits per heavy atom. The van der Waals surface area contributed by atoms with Crippen molar-refractivity contribution in [1.29, 1.82) is 0 Å². The molecule has 2 saturated heterocycles. The third-order valence-electron chi connectivity index (χ3n) is 5.51. The van der Waals surface area contributed by atoms with Gasteiger partial charge in [0.2, 0.25) is 5.91 Å². The minimum atomic E-state index is 0. The average Bonchev–Trinajstić information content (AvgIpc) is 2.72. The first kappa shape index (κ1) is 24.0. The summed E-state index contributed by atoms with van der Waals surface area (Å²) < 4.78 is 0. The first-order chi connectivity index (χ1) is 13.6. The van der Waals surface area contributed by atoms with Gasteiger partial charge in [0, 0.05) is 79.4 Å². The number of benzene rings is 1. The van der Waals surface area contributed by atoms with Crippen LogP contribution in [0.15, 0.2) is 29.3 Å². The number of amides is 1. The van der Waals surface area contributed by atoms with Gasteiger partial charge in [0.25, 0.3) is 0 Å². The van der Waals surface area contributed by atoms with Crippen molar-refractivity contribution in [2.75, 3.05) is 77.4 Å². The Morgan fingerprint density at radius 1 is 1.03 bits per heavy atom. The standard InChI is InChI=1S/C20H31ClN6O.HI/c1-17(28)25-11-9-24(10-12-25)8-7-23-20(22-2)27-15-13-26(14-16-27)19-6-4-3-5-18(19)21;/h3-6H,7-16H2,1-2H3,(H,22,23);1H. The topological polar surface area (TPSA) is 54.4 Å². The highest BCUT2D eigenvalue weighted by molar-refractivity contribution is 14.0. The molecule has 0 spiro atoms. The summed E-state index contributed by atoms with van der Waals surface area (Å²) in [5.74, 6) is 1.13. The van der Waals surface area contributed by atoms with Crippen LogP contribution in [-0.4, -0.2) is 99.1 Å². The number of nitrogens with zero attached hydrogens (tertiary/aromatic N) is 5. The molecule has 2 fully saturated rings. The molecule has 1 amide bonds. The Morgan fingerprint density at radius 3 is 2.24 bits per heavy atom. The lowest BCUT2D eigenvalue weighted by Crippen LogP contribution is -2.54. The number of rotatable bonds is 4. The molecule has 0 bridgehead atoms. The molecule has 0 atom stereocenters. The van der Waals surface area contributed by atoms with Crippen LogP contribution in [0.3, 0.4) is 0 Å². The van der Waals surface area contributed by atoms with Gasteiger partial charge < -0.3 is 20.0 Å². The molecule has 1 N–H and O–H groups in total. The molecule has 29 heavy (non-hydrogen) atoms. The van der Waals surface area contributed by atoms with Crippen LogP contribution in [0.2, 0.25) is 5.02 Å². The molecule has 3 rings (SSSR count). The maximum absolute atomic E-state index is 11.4. The van der Waals surface area contributed by atoms with Crippen LogP contribution < -0.4 is 10.2 Å². The predicted octanol–water partition coefficient (Wildman–Crippen LogP) is 1.82. The number of anilines is 1. The van der Waals surface area contributed by atoms with Crippen molar-refractivity contribution >= 4 is 53.1 Å². The molecular formula is C20H32ClIN6O. The fraction of sp³-hybridized carbons (Fsp3) is 0.600. The van der Waals surface area contributed by atoms with Gasteiger partial charge in [-0.3, -0.25) is 14.7 Å². The second-order valence-electron chi connectivity index (χ2n) is 7.25. The number of hydrogen-bond donors (Lipinski definition) is 1. The molecular weight excluding hydrogens is 503 g/mol. The van der Waals surface area contributed by atoms with E-state index >= 15 is 0 Å². The molecule has 0 saturated carbocycles. The van der Waals surface area contributed by atoms with Crippen LogP contribution in [0.5, 0.6) is 0 Å². The van der Waals surface area contributed by atoms with Gasteiger partial charge in [-0.05, 0) is 12.1 Å². The molecule has 162 valence electrons. The first-order valence-electron chi connectivity index (χ1n) is 10.0. The molecule has 0 aromatic heterocycles. The van der Waals surface area contributed by atoms with E-state index in [2.05, 4.69) is 31.1 Å². The zero-order chi connectivity index (χ0) is 19.9. The van der Waals surface area contributed by atoms with Crippen molar-refractivity contribution in [1.82, 2.24) is 20.0 Å². The van der Waals surface area contributed by atoms with Crippen molar-refractivity contribution in [3.63, 3.8) is 0 Å². The summed E-state index contributed by atoms with van der Waals surface area (Å²) in [7, 11) is 1.84. The lowest BCUT2D eigenvalue weighted by Gasteiger charge is -2.38. The number of nitrogens with one attached hydrogen (secondary N) is 1. The number of hydrogen-bond acceptors (Lipinski definition) is 4. The van der Waals surface area contributed by atoms with E-state index in [1.54, 1.807) is 6.92 Å². The number of aliphatic imine (C=N–C) groups is 1. The van der Waals surface area contributed by atoms with Gasteiger partial charge in [0.1, 0.15) is 0 Å². The summed E-state index contributed by atoms with van der Waals surface area (Å²) in [6.07, 6.45) is 0. The molecule has 2 aliphatic heterocycles. The van der Waals surface area contributed by atoms with E-state index in [0.717, 1.165) is 82.1 Å². The van der Waals surface area contributed by atoms with Crippen LogP contribution >= 0.6 is 35.6 Å². The number of carbonyl (C=O) groups is 1. The lowest BCUT2D eigenvalue weighted by atomic mass is 10.2. The Hall–Kier alpha value is -1.26. The van der Waals surface area contributed by atoms with Crippen LogP contribution in [0, 0.1) is 0 Å². The second-order valence-corrected chi connectivity index (χ2v) is 7.65. The van der Waals surface area contributed by atoms with Crippen molar-refractivity contribution in [3.8, 4) is 0 Å². The van der Waals surface area contributed by atoms with Gasteiger partial charge in [-0.15, -0.1) is 24.0 Å². The quantitative estimate of drug-likeness (QED) is 0.363. The first-order valence-corrected chi connectivity index (χ1v) is 10.4. The largest absolute Gasteiger partial charge is 0.367 e. The SMILES string of the molecule is CN=C(NCCN1CCN(C(C)=O)CC1)N1CCN(c2ccccc2Cl)CC1.I. The van der Waals surface area contributed by atoms with Crippen molar-refractivity contribution in [3.05, 3.63) is 29.3 Å². The number of halogens is 2. The molecule has 0 unspecified atom stereocenters. The molecule has 1 aromatic rings. The summed E-state index contributed by atoms with van der Waals surface area (Å²) in [6, 6.07) is 8.02. The number of guanidine groups is 1. The van der Waals surface area contributed by atoms with Gasteiger partial charge in [-0.2, -0.15) is 0 Å². The normalized spacial score (nSPS) is 18.4. The van der Waals surface area contributed by atoms with Crippen LogP contribution in [0.4, 0.5) is 5.69 Å². The monoisotopic (exact) mass is 534 g/mol. The molecule has 0 aliphatic carbocycles. The third kappa shape index (κ3) is 6.62. The maximum Gasteiger partial charge on any atom is 0.219 e. The molecule has 1 aromatic carbocycles. The van der Waals surface area contributed by atoms with Gasteiger partial charge in [-0.1, -0.05) is 23.7 Å². The van der Waals surface area contributed by atoms with Gasteiger partial charge >= 0.3 is 0 Å². The maximum atomic E-state index is 11.4. The minimum absolute atomic E-state index is 0. The summed E-state index contributed by atoms with van der Waals surface area (Å²) in [4.78, 5) is 24.8. The minimum Gasteiger partial charge on any atom is -0.367 e. The zero-order valence-corrected chi connectivity index (χ0v) is 20.4. The summed E-state index contributed by atoms with van der Waals surface area (Å²) in [5, 5.41) is 4.30. The van der Waals surface area contributed by atoms with E-state index in [1.165, 1.54) is 0 Å². The highest BCUT2D eigenvalue weighted by Gasteiger charge is 2.22. The Bertz CT molecular complexity index is 687. The molecule has 0 radical (unpaired) electrons. The highest BCUT2D eigenvalue weighted by atomic mass is 127. The van der Waals surface area contributed by atoms with E-state index in [9.17, 15) is 4.79 Å². The smallest absolute Gasteiger partial charge is 0.219 e. The number of piperazine rings is 2. The van der Waals surface area contributed by atoms with Gasteiger partial charge in [0.15, 0.2) is 5.96 Å². The zero-order valence-electron chi connectivity index (χ0n) is 17.3. The summed E-state index contributed by atoms with van der Waals surface area (Å²) in [5.41, 5.74) is 1.11. The lowest BCUT2D eigenvalue weighted by molar-refractivity contribution is -0.130. The number of carbonyl (C=O) groups excluding carboxylic acids is 1. The van der Waals surface area contributed by atoms with Crippen LogP contribution in [0.25, 0.3) is 0 Å². The number of para-hydroxylation sites is 1. The van der Waals surface area contributed by atoms with Crippen molar-refractivity contribution in [2.45, 2.75) is 6.92 Å². The van der Waals surface area contributed by atoms with Crippen LogP contribution in [0.1, 0.15) is 6.92 Å². The van der Waals surface area contributed by atoms with Gasteiger partial charge in [0.05, 0.1) is 10.7 Å². The van der Waals surface area contributed by atoms with Crippen molar-refractivity contribution < 1.29 is 4.79 Å². The molecule has 7 nitrogen and oxygen atoms in total. The van der Waals surface area contributed by atoms with E-state index in [4.69, 9.17) is 11.6 Å². The summed E-state index contributed by atoms with van der Waals surface area (Å²) in [6.45, 7) is 10.7. The van der Waals surface area contributed by atoms with Crippen molar-refractivity contribution in [2.24, 2.45) is 4.99 Å². The van der Waals surface area contributed by atoms with E-state index in [-0.39, 0.29) is 29.9 Å².